The molecule has 4 nitrogen and oxygen atoms in total. The molecule has 0 saturated carbocycles. The number of aliphatic carboxylic acids is 1. The summed E-state index contributed by atoms with van der Waals surface area (Å²) in [5.74, 6) is -1.06. The maximum Gasteiger partial charge on any atom is 0.309 e. The summed E-state index contributed by atoms with van der Waals surface area (Å²) >= 11 is 0. The van der Waals surface area contributed by atoms with E-state index in [0.29, 0.717) is 6.54 Å². The molecular weight excluding hydrogens is 266 g/mol. The van der Waals surface area contributed by atoms with Crippen LogP contribution in [0.15, 0.2) is 30.3 Å². The minimum Gasteiger partial charge on any atom is -0.481 e. The Labute approximate surface area is 126 Å². The SMILES string of the molecule is CCC(C)N(Cc1ccccc1)C(=O)CC(C)(C)C(=O)O. The van der Waals surface area contributed by atoms with Crippen LogP contribution in [-0.2, 0) is 16.1 Å². The molecule has 0 aliphatic rings. The zero-order chi connectivity index (χ0) is 16.0. The number of carbonyl (C=O) groups excluding carboxylic acids is 1. The quantitative estimate of drug-likeness (QED) is 0.838. The van der Waals surface area contributed by atoms with E-state index < -0.39 is 11.4 Å². The van der Waals surface area contributed by atoms with Crippen molar-refractivity contribution in [1.29, 1.82) is 0 Å². The lowest BCUT2D eigenvalue weighted by atomic mass is 9.88. The van der Waals surface area contributed by atoms with Crippen molar-refractivity contribution in [3.8, 4) is 0 Å². The van der Waals surface area contributed by atoms with Crippen LogP contribution in [0.25, 0.3) is 0 Å². The molecule has 21 heavy (non-hydrogen) atoms. The summed E-state index contributed by atoms with van der Waals surface area (Å²) in [4.78, 5) is 25.5. The summed E-state index contributed by atoms with van der Waals surface area (Å²) in [6.45, 7) is 7.71. The fourth-order valence-electron chi connectivity index (χ4n) is 2.05. The van der Waals surface area contributed by atoms with Gasteiger partial charge in [0.15, 0.2) is 0 Å². The Hall–Kier alpha value is -1.84. The molecule has 0 saturated heterocycles. The van der Waals surface area contributed by atoms with E-state index in [0.717, 1.165) is 12.0 Å². The van der Waals surface area contributed by atoms with Gasteiger partial charge >= 0.3 is 5.97 Å². The number of hydrogen-bond donors (Lipinski definition) is 1. The highest BCUT2D eigenvalue weighted by Crippen LogP contribution is 2.23. The third kappa shape index (κ3) is 4.88. The first kappa shape index (κ1) is 17.2. The monoisotopic (exact) mass is 291 g/mol. The summed E-state index contributed by atoms with van der Waals surface area (Å²) in [6.07, 6.45) is 0.853. The number of rotatable bonds is 7. The van der Waals surface area contributed by atoms with Crippen LogP contribution < -0.4 is 0 Å². The third-order valence-electron chi connectivity index (χ3n) is 3.81. The normalized spacial score (nSPS) is 12.8. The number of hydrogen-bond acceptors (Lipinski definition) is 2. The van der Waals surface area contributed by atoms with E-state index in [9.17, 15) is 14.7 Å². The van der Waals surface area contributed by atoms with Crippen molar-refractivity contribution in [1.82, 2.24) is 4.90 Å². The van der Waals surface area contributed by atoms with Gasteiger partial charge < -0.3 is 10.0 Å². The third-order valence-corrected chi connectivity index (χ3v) is 3.81. The number of carbonyl (C=O) groups is 2. The Morgan fingerprint density at radius 1 is 1.24 bits per heavy atom. The van der Waals surface area contributed by atoms with Crippen LogP contribution >= 0.6 is 0 Å². The van der Waals surface area contributed by atoms with Gasteiger partial charge in [0.1, 0.15) is 0 Å². The molecule has 1 aromatic carbocycles. The molecule has 0 aliphatic heterocycles. The Kier molecular flexibility index (Phi) is 5.94. The summed E-state index contributed by atoms with van der Waals surface area (Å²) in [5, 5.41) is 9.19. The number of carboxylic acids is 1. The average Bonchev–Trinajstić information content (AvgIpc) is 2.44. The van der Waals surface area contributed by atoms with Crippen molar-refractivity contribution < 1.29 is 14.7 Å². The molecule has 4 heteroatoms. The second-order valence-electron chi connectivity index (χ2n) is 6.13. The van der Waals surface area contributed by atoms with Gasteiger partial charge in [-0.05, 0) is 32.8 Å². The molecular formula is C17H25NO3. The lowest BCUT2D eigenvalue weighted by Crippen LogP contribution is -2.41. The van der Waals surface area contributed by atoms with Crippen LogP contribution in [0.1, 0.15) is 46.1 Å². The molecule has 0 bridgehead atoms. The first-order chi connectivity index (χ1) is 9.77. The molecule has 0 heterocycles. The minimum atomic E-state index is -1.04. The maximum atomic E-state index is 12.5. The molecule has 0 spiro atoms. The summed E-state index contributed by atoms with van der Waals surface area (Å²) in [6, 6.07) is 9.86. The summed E-state index contributed by atoms with van der Waals surface area (Å²) < 4.78 is 0. The van der Waals surface area contributed by atoms with E-state index in [2.05, 4.69) is 0 Å². The highest BCUT2D eigenvalue weighted by atomic mass is 16.4. The van der Waals surface area contributed by atoms with Crippen molar-refractivity contribution >= 4 is 11.9 Å². The predicted molar refractivity (Wildman–Crippen MR) is 82.8 cm³/mol. The first-order valence-corrected chi connectivity index (χ1v) is 7.34. The van der Waals surface area contributed by atoms with Crippen LogP contribution in [0, 0.1) is 5.41 Å². The summed E-state index contributed by atoms with van der Waals surface area (Å²) in [7, 11) is 0. The standard InChI is InChI=1S/C17H25NO3/c1-5-13(2)18(12-14-9-7-6-8-10-14)15(19)11-17(3,4)16(20)21/h6-10,13H,5,11-12H2,1-4H3,(H,20,21). The van der Waals surface area contributed by atoms with Gasteiger partial charge in [-0.25, -0.2) is 0 Å². The smallest absolute Gasteiger partial charge is 0.309 e. The van der Waals surface area contributed by atoms with Crippen LogP contribution in [0.4, 0.5) is 0 Å². The van der Waals surface area contributed by atoms with Gasteiger partial charge in [0.05, 0.1) is 5.41 Å². The van der Waals surface area contributed by atoms with Gasteiger partial charge in [0.2, 0.25) is 5.91 Å². The van der Waals surface area contributed by atoms with E-state index in [-0.39, 0.29) is 18.4 Å². The average molecular weight is 291 g/mol. The Morgan fingerprint density at radius 3 is 2.29 bits per heavy atom. The second kappa shape index (κ2) is 7.25. The van der Waals surface area contributed by atoms with Crippen molar-refractivity contribution in [2.45, 2.75) is 53.1 Å². The molecule has 116 valence electrons. The fourth-order valence-corrected chi connectivity index (χ4v) is 2.05. The zero-order valence-electron chi connectivity index (χ0n) is 13.3. The molecule has 1 unspecified atom stereocenters. The van der Waals surface area contributed by atoms with Gasteiger partial charge in [0.25, 0.3) is 0 Å². The van der Waals surface area contributed by atoms with Gasteiger partial charge in [-0.1, -0.05) is 37.3 Å². The van der Waals surface area contributed by atoms with Crippen molar-refractivity contribution in [3.63, 3.8) is 0 Å². The highest BCUT2D eigenvalue weighted by molar-refractivity contribution is 5.84. The van der Waals surface area contributed by atoms with Gasteiger partial charge in [0, 0.05) is 19.0 Å². The molecule has 1 rings (SSSR count). The molecule has 0 aromatic heterocycles. The largest absolute Gasteiger partial charge is 0.481 e. The van der Waals surface area contributed by atoms with Crippen LogP contribution in [-0.4, -0.2) is 27.9 Å². The van der Waals surface area contributed by atoms with Crippen molar-refractivity contribution in [2.24, 2.45) is 5.41 Å². The predicted octanol–water partition coefficient (Wildman–Crippen LogP) is 3.31. The Balaban J connectivity index is 2.88. The summed E-state index contributed by atoms with van der Waals surface area (Å²) in [5.41, 5.74) is 0.0127. The molecule has 1 N–H and O–H groups in total. The number of nitrogens with zero attached hydrogens (tertiary/aromatic N) is 1. The van der Waals surface area contributed by atoms with Crippen molar-refractivity contribution in [2.75, 3.05) is 0 Å². The van der Waals surface area contributed by atoms with E-state index in [4.69, 9.17) is 0 Å². The fraction of sp³-hybridized carbons (Fsp3) is 0.529. The van der Waals surface area contributed by atoms with Crippen LogP contribution in [0.3, 0.4) is 0 Å². The number of benzene rings is 1. The van der Waals surface area contributed by atoms with E-state index in [1.54, 1.807) is 18.7 Å². The topological polar surface area (TPSA) is 57.6 Å². The van der Waals surface area contributed by atoms with E-state index >= 15 is 0 Å². The van der Waals surface area contributed by atoms with Gasteiger partial charge in [-0.2, -0.15) is 0 Å². The Bertz CT molecular complexity index is 482. The molecule has 1 amide bonds. The van der Waals surface area contributed by atoms with Crippen LogP contribution in [0.2, 0.25) is 0 Å². The molecule has 0 fully saturated rings. The van der Waals surface area contributed by atoms with Gasteiger partial charge in [-0.15, -0.1) is 0 Å². The molecule has 0 radical (unpaired) electrons. The lowest BCUT2D eigenvalue weighted by Gasteiger charge is -2.31. The van der Waals surface area contributed by atoms with Crippen LogP contribution in [0.5, 0.6) is 0 Å². The zero-order valence-corrected chi connectivity index (χ0v) is 13.3. The van der Waals surface area contributed by atoms with E-state index in [1.807, 2.05) is 44.2 Å². The molecule has 1 aromatic rings. The maximum absolute atomic E-state index is 12.5. The van der Waals surface area contributed by atoms with Crippen molar-refractivity contribution in [3.05, 3.63) is 35.9 Å². The number of amides is 1. The number of carboxylic acid groups (broad SMARTS) is 1. The molecule has 1 atom stereocenters. The van der Waals surface area contributed by atoms with Gasteiger partial charge in [-0.3, -0.25) is 9.59 Å². The minimum absolute atomic E-state index is 0.0134. The lowest BCUT2D eigenvalue weighted by molar-refractivity contribution is -0.152. The Morgan fingerprint density at radius 2 is 1.81 bits per heavy atom. The van der Waals surface area contributed by atoms with E-state index in [1.165, 1.54) is 0 Å². The first-order valence-electron chi connectivity index (χ1n) is 7.34. The molecule has 0 aliphatic carbocycles. The second-order valence-corrected chi connectivity index (χ2v) is 6.13. The highest BCUT2D eigenvalue weighted by Gasteiger charge is 2.33.